The summed E-state index contributed by atoms with van der Waals surface area (Å²) in [5.74, 6) is -2.13. The molecule has 2 amide bonds. The Morgan fingerprint density at radius 2 is 2.11 bits per heavy atom. The molecule has 6 nitrogen and oxygen atoms in total. The third kappa shape index (κ3) is 2.21. The summed E-state index contributed by atoms with van der Waals surface area (Å²) in [6.45, 7) is 1.07. The van der Waals surface area contributed by atoms with Gasteiger partial charge >= 0.3 is 17.8 Å². The van der Waals surface area contributed by atoms with Crippen molar-refractivity contribution in [1.29, 1.82) is 0 Å². The molecule has 1 aliphatic rings. The first-order valence-electron chi connectivity index (χ1n) is 5.34. The maximum absolute atomic E-state index is 11.7. The Labute approximate surface area is 107 Å². The number of hydrogen-bond acceptors (Lipinski definition) is 4. The molecule has 0 unspecified atom stereocenters. The molecule has 96 valence electrons. The highest BCUT2D eigenvalue weighted by Crippen LogP contribution is 2.19. The first-order chi connectivity index (χ1) is 8.50. The Morgan fingerprint density at radius 3 is 2.78 bits per heavy atom. The lowest BCUT2D eigenvalue weighted by molar-refractivity contribution is -0.155. The first kappa shape index (κ1) is 12.6. The summed E-state index contributed by atoms with van der Waals surface area (Å²) in [7, 11) is 1.57. The van der Waals surface area contributed by atoms with Gasteiger partial charge in [-0.2, -0.15) is 0 Å². The van der Waals surface area contributed by atoms with Crippen molar-refractivity contribution >= 4 is 29.1 Å². The summed E-state index contributed by atoms with van der Waals surface area (Å²) < 4.78 is 0. The van der Waals surface area contributed by atoms with Crippen LogP contribution in [0, 0.1) is 0 Å². The van der Waals surface area contributed by atoms with Gasteiger partial charge in [0, 0.05) is 26.7 Å². The van der Waals surface area contributed by atoms with Gasteiger partial charge in [0.05, 0.1) is 0 Å². The number of rotatable bonds is 3. The van der Waals surface area contributed by atoms with Gasteiger partial charge in [0.15, 0.2) is 0 Å². The smallest absolute Gasteiger partial charge is 0.346 e. The van der Waals surface area contributed by atoms with E-state index < -0.39 is 17.8 Å². The van der Waals surface area contributed by atoms with Gasteiger partial charge in [-0.05, 0) is 17.0 Å². The van der Waals surface area contributed by atoms with Crippen molar-refractivity contribution in [2.75, 3.05) is 20.1 Å². The van der Waals surface area contributed by atoms with Crippen molar-refractivity contribution in [3.05, 3.63) is 21.9 Å². The third-order valence-corrected chi connectivity index (χ3v) is 3.77. The minimum absolute atomic E-state index is 0.170. The lowest BCUT2D eigenvalue weighted by atomic mass is 10.2. The topological polar surface area (TPSA) is 77.9 Å². The van der Waals surface area contributed by atoms with Crippen LogP contribution in [0.5, 0.6) is 0 Å². The molecule has 1 saturated heterocycles. The molecule has 1 N–H and O–H groups in total. The number of nitrogens with zero attached hydrogens (tertiary/aromatic N) is 2. The highest BCUT2D eigenvalue weighted by atomic mass is 32.1. The second-order valence-electron chi connectivity index (χ2n) is 4.03. The molecule has 0 aromatic carbocycles. The molecule has 2 rings (SSSR count). The average Bonchev–Trinajstić information content (AvgIpc) is 2.78. The van der Waals surface area contributed by atoms with Crippen molar-refractivity contribution < 1.29 is 19.5 Å². The molecule has 2 heterocycles. The van der Waals surface area contributed by atoms with E-state index in [9.17, 15) is 14.4 Å². The van der Waals surface area contributed by atoms with Gasteiger partial charge in [0.1, 0.15) is 4.88 Å². The van der Waals surface area contributed by atoms with Crippen LogP contribution < -0.4 is 0 Å². The van der Waals surface area contributed by atoms with E-state index in [1.807, 2.05) is 0 Å². The Morgan fingerprint density at radius 1 is 1.39 bits per heavy atom. The molecule has 1 fully saturated rings. The van der Waals surface area contributed by atoms with E-state index in [0.29, 0.717) is 18.7 Å². The standard InChI is InChI=1S/C11H12N2O4S/c1-12-3-4-13(10(15)9(12)14)6-7-2-5-18-8(7)11(16)17/h2,5H,3-4,6H2,1H3,(H,16,17). The lowest BCUT2D eigenvalue weighted by Crippen LogP contribution is -2.52. The van der Waals surface area contributed by atoms with Crippen LogP contribution in [0.3, 0.4) is 0 Å². The van der Waals surface area contributed by atoms with E-state index in [0.717, 1.165) is 11.3 Å². The largest absolute Gasteiger partial charge is 0.477 e. The van der Waals surface area contributed by atoms with Crippen LogP contribution in [-0.4, -0.2) is 52.8 Å². The fraction of sp³-hybridized carbons (Fsp3) is 0.364. The zero-order valence-corrected chi connectivity index (χ0v) is 10.6. The van der Waals surface area contributed by atoms with Crippen molar-refractivity contribution in [1.82, 2.24) is 9.80 Å². The van der Waals surface area contributed by atoms with E-state index in [1.54, 1.807) is 18.5 Å². The monoisotopic (exact) mass is 268 g/mol. The number of hydrogen-bond donors (Lipinski definition) is 1. The number of carbonyl (C=O) groups is 3. The van der Waals surface area contributed by atoms with Gasteiger partial charge in [-0.1, -0.05) is 0 Å². The van der Waals surface area contributed by atoms with E-state index in [4.69, 9.17) is 5.11 Å². The highest BCUT2D eigenvalue weighted by Gasteiger charge is 2.30. The number of carbonyl (C=O) groups excluding carboxylic acids is 2. The molecular formula is C11H12N2O4S. The van der Waals surface area contributed by atoms with Gasteiger partial charge in [-0.15, -0.1) is 11.3 Å². The maximum Gasteiger partial charge on any atom is 0.346 e. The van der Waals surface area contributed by atoms with Crippen LogP contribution >= 0.6 is 11.3 Å². The van der Waals surface area contributed by atoms with Crippen LogP contribution in [0.25, 0.3) is 0 Å². The third-order valence-electron chi connectivity index (χ3n) is 2.82. The van der Waals surface area contributed by atoms with Crippen molar-refractivity contribution in [2.45, 2.75) is 6.54 Å². The van der Waals surface area contributed by atoms with Gasteiger partial charge in [0.25, 0.3) is 0 Å². The normalized spacial score (nSPS) is 16.3. The fourth-order valence-electron chi connectivity index (χ4n) is 1.78. The van der Waals surface area contributed by atoms with Crippen LogP contribution in [0.2, 0.25) is 0 Å². The Hall–Kier alpha value is -1.89. The number of thiophene rings is 1. The predicted molar refractivity (Wildman–Crippen MR) is 64.3 cm³/mol. The summed E-state index contributed by atoms with van der Waals surface area (Å²) in [5.41, 5.74) is 0.568. The van der Waals surface area contributed by atoms with E-state index in [-0.39, 0.29) is 11.4 Å². The summed E-state index contributed by atoms with van der Waals surface area (Å²) in [6.07, 6.45) is 0. The van der Waals surface area contributed by atoms with E-state index >= 15 is 0 Å². The summed E-state index contributed by atoms with van der Waals surface area (Å²) >= 11 is 1.12. The second-order valence-corrected chi connectivity index (χ2v) is 4.95. The van der Waals surface area contributed by atoms with Crippen LogP contribution in [0.4, 0.5) is 0 Å². The molecule has 18 heavy (non-hydrogen) atoms. The number of carboxylic acid groups (broad SMARTS) is 1. The molecule has 0 spiro atoms. The fourth-order valence-corrected chi connectivity index (χ4v) is 2.53. The van der Waals surface area contributed by atoms with Gasteiger partial charge in [-0.25, -0.2) is 4.79 Å². The number of likely N-dealkylation sites (N-methyl/N-ethyl adjacent to an activating group) is 1. The Kier molecular flexibility index (Phi) is 3.33. The summed E-state index contributed by atoms with van der Waals surface area (Å²) in [6, 6.07) is 1.67. The predicted octanol–water partition coefficient (Wildman–Crippen LogP) is 0.247. The van der Waals surface area contributed by atoms with Crippen molar-refractivity contribution in [3.63, 3.8) is 0 Å². The van der Waals surface area contributed by atoms with E-state index in [1.165, 1.54) is 9.80 Å². The molecule has 0 aliphatic carbocycles. The van der Waals surface area contributed by atoms with Crippen LogP contribution in [-0.2, 0) is 16.1 Å². The van der Waals surface area contributed by atoms with Gasteiger partial charge < -0.3 is 14.9 Å². The summed E-state index contributed by atoms with van der Waals surface area (Å²) in [4.78, 5) is 37.2. The quantitative estimate of drug-likeness (QED) is 0.797. The second kappa shape index (κ2) is 4.77. The molecule has 1 aromatic heterocycles. The minimum Gasteiger partial charge on any atom is -0.477 e. The molecule has 0 atom stereocenters. The highest BCUT2D eigenvalue weighted by molar-refractivity contribution is 7.12. The van der Waals surface area contributed by atoms with Crippen molar-refractivity contribution in [3.8, 4) is 0 Å². The van der Waals surface area contributed by atoms with Gasteiger partial charge in [0.2, 0.25) is 0 Å². The lowest BCUT2D eigenvalue weighted by Gasteiger charge is -2.31. The number of carboxylic acids is 1. The number of aromatic carboxylic acids is 1. The number of amides is 2. The van der Waals surface area contributed by atoms with Crippen molar-refractivity contribution in [2.24, 2.45) is 0 Å². The molecule has 0 radical (unpaired) electrons. The zero-order chi connectivity index (χ0) is 13.3. The van der Waals surface area contributed by atoms with E-state index in [2.05, 4.69) is 0 Å². The molecule has 1 aliphatic heterocycles. The average molecular weight is 268 g/mol. The first-order valence-corrected chi connectivity index (χ1v) is 6.22. The Balaban J connectivity index is 2.14. The van der Waals surface area contributed by atoms with Crippen LogP contribution in [0.1, 0.15) is 15.2 Å². The molecule has 7 heteroatoms. The van der Waals surface area contributed by atoms with Crippen LogP contribution in [0.15, 0.2) is 11.4 Å². The molecular weight excluding hydrogens is 256 g/mol. The van der Waals surface area contributed by atoms with Gasteiger partial charge in [-0.3, -0.25) is 9.59 Å². The molecule has 0 bridgehead atoms. The SMILES string of the molecule is CN1CCN(Cc2ccsc2C(=O)O)C(=O)C1=O. The molecule has 1 aromatic rings. The molecule has 0 saturated carbocycles. The zero-order valence-electron chi connectivity index (χ0n) is 9.75. The number of piperazine rings is 1. The maximum atomic E-state index is 11.7. The summed E-state index contributed by atoms with van der Waals surface area (Å²) in [5, 5.41) is 10.6. The minimum atomic E-state index is -1.01. The Bertz CT molecular complexity index is 511.